The van der Waals surface area contributed by atoms with E-state index in [2.05, 4.69) is 41.4 Å². The van der Waals surface area contributed by atoms with Crippen molar-refractivity contribution >= 4 is 17.1 Å². The zero-order valence-electron chi connectivity index (χ0n) is 17.9. The summed E-state index contributed by atoms with van der Waals surface area (Å²) in [5.41, 5.74) is 11.0. The Morgan fingerprint density at radius 2 is 1.97 bits per heavy atom. The fourth-order valence-electron chi connectivity index (χ4n) is 4.07. The van der Waals surface area contributed by atoms with Crippen LogP contribution in [0.15, 0.2) is 42.5 Å². The Labute approximate surface area is 179 Å². The molecular weight excluding hydrogens is 376 g/mol. The number of nitrogens with two attached hydrogens (primary N) is 1. The summed E-state index contributed by atoms with van der Waals surface area (Å²) >= 11 is 0. The number of hydrogen-bond acceptors (Lipinski definition) is 6. The van der Waals surface area contributed by atoms with E-state index in [0.29, 0.717) is 24.8 Å². The molecule has 6 nitrogen and oxygen atoms in total. The molecule has 2 aromatic rings. The summed E-state index contributed by atoms with van der Waals surface area (Å²) in [7, 11) is 1.71. The normalized spacial score (nSPS) is 15.4. The number of nitrogens with zero attached hydrogens (tertiary/aromatic N) is 2. The van der Waals surface area contributed by atoms with Gasteiger partial charge in [0.1, 0.15) is 0 Å². The Balaban J connectivity index is 1.97. The maximum absolute atomic E-state index is 9.08. The van der Waals surface area contributed by atoms with Gasteiger partial charge >= 0.3 is 0 Å². The number of nitrogens with one attached hydrogen (secondary N) is 1. The first-order valence-corrected chi connectivity index (χ1v) is 10.6. The first-order chi connectivity index (χ1) is 14.7. The molecule has 6 heteroatoms. The summed E-state index contributed by atoms with van der Waals surface area (Å²) in [4.78, 5) is 2.46. The molecular formula is C24H32N4O2. The van der Waals surface area contributed by atoms with E-state index >= 15 is 0 Å². The van der Waals surface area contributed by atoms with Gasteiger partial charge in [-0.2, -0.15) is 5.26 Å². The lowest BCUT2D eigenvalue weighted by Crippen LogP contribution is -2.39. The monoisotopic (exact) mass is 408 g/mol. The van der Waals surface area contributed by atoms with Gasteiger partial charge in [0.2, 0.25) is 0 Å². The lowest BCUT2D eigenvalue weighted by molar-refractivity contribution is 0.0846. The molecule has 3 N–H and O–H groups in total. The van der Waals surface area contributed by atoms with Crippen molar-refractivity contribution in [2.45, 2.75) is 31.7 Å². The number of ether oxygens (including phenoxy) is 2. The molecule has 160 valence electrons. The van der Waals surface area contributed by atoms with E-state index in [4.69, 9.17) is 20.5 Å². The maximum Gasteiger partial charge on any atom is 0.0991 e. The number of benzene rings is 2. The van der Waals surface area contributed by atoms with E-state index in [-0.39, 0.29) is 5.92 Å². The molecule has 1 aliphatic rings. The first kappa shape index (κ1) is 22.1. The largest absolute Gasteiger partial charge is 0.384 e. The third kappa shape index (κ3) is 5.31. The SMILES string of the molecule is CCN(c1ccc(C(CN)COC)cc1Nc1ccc(C#N)cc1)C1CCOCC1. The van der Waals surface area contributed by atoms with Crippen molar-refractivity contribution in [1.29, 1.82) is 5.26 Å². The van der Waals surface area contributed by atoms with Crippen LogP contribution in [-0.2, 0) is 9.47 Å². The Bertz CT molecular complexity index is 841. The highest BCUT2D eigenvalue weighted by atomic mass is 16.5. The fourth-order valence-corrected chi connectivity index (χ4v) is 4.07. The third-order valence-electron chi connectivity index (χ3n) is 5.72. The molecule has 1 atom stereocenters. The minimum atomic E-state index is 0.142. The summed E-state index contributed by atoms with van der Waals surface area (Å²) in [6.45, 7) is 5.85. The molecule has 1 aliphatic heterocycles. The topological polar surface area (TPSA) is 83.5 Å². The second-order valence-electron chi connectivity index (χ2n) is 7.61. The van der Waals surface area contributed by atoms with Crippen molar-refractivity contribution < 1.29 is 9.47 Å². The van der Waals surface area contributed by atoms with Crippen molar-refractivity contribution in [3.05, 3.63) is 53.6 Å². The van der Waals surface area contributed by atoms with Crippen molar-refractivity contribution in [3.8, 4) is 6.07 Å². The number of anilines is 3. The standard InChI is InChI=1S/C24H32N4O2/c1-3-28(22-10-12-30-13-11-22)24-9-6-19(20(16-26)17-29-2)14-23(24)27-21-7-4-18(15-25)5-8-21/h4-9,14,20,22,27H,3,10-13,16-17,26H2,1-2H3. The third-order valence-corrected chi connectivity index (χ3v) is 5.72. The highest BCUT2D eigenvalue weighted by Crippen LogP contribution is 2.35. The summed E-state index contributed by atoms with van der Waals surface area (Å²) in [6.07, 6.45) is 2.06. The average molecular weight is 409 g/mol. The highest BCUT2D eigenvalue weighted by molar-refractivity contribution is 5.76. The van der Waals surface area contributed by atoms with Crippen molar-refractivity contribution in [2.24, 2.45) is 5.73 Å². The molecule has 0 aromatic heterocycles. The summed E-state index contributed by atoms with van der Waals surface area (Å²) < 4.78 is 10.9. The van der Waals surface area contributed by atoms with Crippen LogP contribution in [0, 0.1) is 11.3 Å². The fraction of sp³-hybridized carbons (Fsp3) is 0.458. The molecule has 1 heterocycles. The summed E-state index contributed by atoms with van der Waals surface area (Å²) in [5, 5.41) is 12.7. The molecule has 0 aliphatic carbocycles. The maximum atomic E-state index is 9.08. The van der Waals surface area contributed by atoms with Crippen LogP contribution < -0.4 is 16.0 Å². The minimum Gasteiger partial charge on any atom is -0.384 e. The average Bonchev–Trinajstić information content (AvgIpc) is 2.80. The van der Waals surface area contributed by atoms with Crippen LogP contribution in [0.4, 0.5) is 17.1 Å². The molecule has 0 amide bonds. The van der Waals surface area contributed by atoms with E-state index in [1.165, 1.54) is 5.69 Å². The van der Waals surface area contributed by atoms with Gasteiger partial charge in [-0.1, -0.05) is 6.07 Å². The van der Waals surface area contributed by atoms with Gasteiger partial charge in [-0.15, -0.1) is 0 Å². The lowest BCUT2D eigenvalue weighted by atomic mass is 9.97. The molecule has 2 aromatic carbocycles. The molecule has 1 saturated heterocycles. The Kier molecular flexibility index (Phi) is 8.09. The smallest absolute Gasteiger partial charge is 0.0991 e. The molecule has 3 rings (SSSR count). The van der Waals surface area contributed by atoms with Crippen molar-refractivity contribution in [3.63, 3.8) is 0 Å². The number of rotatable bonds is 9. The zero-order chi connectivity index (χ0) is 21.3. The second-order valence-corrected chi connectivity index (χ2v) is 7.61. The molecule has 0 saturated carbocycles. The van der Waals surface area contributed by atoms with Gasteiger partial charge in [0.15, 0.2) is 0 Å². The summed E-state index contributed by atoms with van der Waals surface area (Å²) in [5.74, 6) is 0.142. The van der Waals surface area contributed by atoms with E-state index < -0.39 is 0 Å². The van der Waals surface area contributed by atoms with Crippen LogP contribution >= 0.6 is 0 Å². The lowest BCUT2D eigenvalue weighted by Gasteiger charge is -2.37. The molecule has 1 unspecified atom stereocenters. The highest BCUT2D eigenvalue weighted by Gasteiger charge is 2.23. The van der Waals surface area contributed by atoms with E-state index in [1.54, 1.807) is 7.11 Å². The second kappa shape index (κ2) is 11.0. The van der Waals surface area contributed by atoms with Gasteiger partial charge in [0, 0.05) is 51.1 Å². The van der Waals surface area contributed by atoms with Gasteiger partial charge in [0.25, 0.3) is 0 Å². The minimum absolute atomic E-state index is 0.142. The number of hydrogen-bond donors (Lipinski definition) is 2. The molecule has 0 spiro atoms. The van der Waals surface area contributed by atoms with Crippen LogP contribution in [0.5, 0.6) is 0 Å². The van der Waals surface area contributed by atoms with E-state index in [0.717, 1.165) is 49.5 Å². The number of methoxy groups -OCH3 is 1. The van der Waals surface area contributed by atoms with Crippen molar-refractivity contribution in [1.82, 2.24) is 0 Å². The van der Waals surface area contributed by atoms with Crippen LogP contribution in [0.2, 0.25) is 0 Å². The van der Waals surface area contributed by atoms with Gasteiger partial charge in [-0.3, -0.25) is 0 Å². The number of nitriles is 1. The van der Waals surface area contributed by atoms with Gasteiger partial charge in [0.05, 0.1) is 29.6 Å². The van der Waals surface area contributed by atoms with E-state index in [9.17, 15) is 0 Å². The molecule has 30 heavy (non-hydrogen) atoms. The van der Waals surface area contributed by atoms with Gasteiger partial charge in [-0.05, 0) is 61.7 Å². The quantitative estimate of drug-likeness (QED) is 0.653. The predicted molar refractivity (Wildman–Crippen MR) is 121 cm³/mol. The van der Waals surface area contributed by atoms with E-state index in [1.807, 2.05) is 24.3 Å². The Hall–Kier alpha value is -2.59. The predicted octanol–water partition coefficient (Wildman–Crippen LogP) is 4.00. The van der Waals surface area contributed by atoms with Crippen LogP contribution in [0.25, 0.3) is 0 Å². The van der Waals surface area contributed by atoms with Crippen molar-refractivity contribution in [2.75, 3.05) is 50.2 Å². The molecule has 1 fully saturated rings. The summed E-state index contributed by atoms with van der Waals surface area (Å²) in [6, 6.07) is 16.7. The zero-order valence-corrected chi connectivity index (χ0v) is 17.9. The van der Waals surface area contributed by atoms with Gasteiger partial charge < -0.3 is 25.4 Å². The van der Waals surface area contributed by atoms with Crippen LogP contribution in [0.1, 0.15) is 36.8 Å². The van der Waals surface area contributed by atoms with Crippen LogP contribution in [-0.4, -0.2) is 46.1 Å². The molecule has 0 bridgehead atoms. The molecule has 0 radical (unpaired) electrons. The first-order valence-electron chi connectivity index (χ1n) is 10.6. The Morgan fingerprint density at radius 3 is 2.57 bits per heavy atom. The van der Waals surface area contributed by atoms with Gasteiger partial charge in [-0.25, -0.2) is 0 Å². The Morgan fingerprint density at radius 1 is 1.23 bits per heavy atom. The van der Waals surface area contributed by atoms with Crippen LogP contribution in [0.3, 0.4) is 0 Å².